The van der Waals surface area contributed by atoms with Gasteiger partial charge < -0.3 is 9.30 Å². The minimum absolute atomic E-state index is 0.594. The molecule has 0 N–H and O–H groups in total. The maximum atomic E-state index is 6.11. The molecule has 1 aromatic carbocycles. The summed E-state index contributed by atoms with van der Waals surface area (Å²) in [7, 11) is 0. The molecule has 0 saturated heterocycles. The highest BCUT2D eigenvalue weighted by atomic mass is 35.5. The van der Waals surface area contributed by atoms with E-state index in [1.807, 2.05) is 37.3 Å². The van der Waals surface area contributed by atoms with Crippen LogP contribution in [-0.4, -0.2) is 20.4 Å². The first kappa shape index (κ1) is 19.7. The van der Waals surface area contributed by atoms with E-state index in [4.69, 9.17) is 26.3 Å². The first-order valence-corrected chi connectivity index (χ1v) is 10.3. The molecule has 3 rings (SSSR count). The molecule has 0 saturated carbocycles. The minimum atomic E-state index is 0.594. The van der Waals surface area contributed by atoms with Gasteiger partial charge in [-0.2, -0.15) is 0 Å². The third kappa shape index (κ3) is 4.44. The average Bonchev–Trinajstić information content (AvgIpc) is 3.03. The maximum absolute atomic E-state index is 6.11. The van der Waals surface area contributed by atoms with Crippen LogP contribution >= 0.6 is 11.6 Å². The smallest absolute Gasteiger partial charge is 0.247 e. The van der Waals surface area contributed by atoms with Crippen molar-refractivity contribution >= 4 is 22.6 Å². The number of nitrogens with zero attached hydrogens (tertiary/aromatic N) is 3. The second kappa shape index (κ2) is 9.23. The highest BCUT2D eigenvalue weighted by molar-refractivity contribution is 6.17. The van der Waals surface area contributed by atoms with E-state index in [0.717, 1.165) is 72.8 Å². The van der Waals surface area contributed by atoms with Crippen LogP contribution in [0.5, 0.6) is 11.6 Å². The van der Waals surface area contributed by atoms with Gasteiger partial charge in [0, 0.05) is 24.5 Å². The van der Waals surface area contributed by atoms with E-state index >= 15 is 0 Å². The lowest BCUT2D eigenvalue weighted by Crippen LogP contribution is -2.06. The number of fused-ring (bicyclic) bond motifs is 1. The molecule has 0 fully saturated rings. The van der Waals surface area contributed by atoms with Crippen molar-refractivity contribution in [3.63, 3.8) is 0 Å². The Morgan fingerprint density at radius 2 is 1.81 bits per heavy atom. The number of halogens is 1. The van der Waals surface area contributed by atoms with Crippen molar-refractivity contribution in [2.45, 2.75) is 59.4 Å². The predicted octanol–water partition coefficient (Wildman–Crippen LogP) is 6.20. The molecule has 0 amide bonds. The number of alkyl halides is 1. The van der Waals surface area contributed by atoms with Crippen LogP contribution in [0.4, 0.5) is 0 Å². The van der Waals surface area contributed by atoms with Crippen molar-refractivity contribution in [1.29, 1.82) is 0 Å². The van der Waals surface area contributed by atoms with Crippen molar-refractivity contribution in [1.82, 2.24) is 14.5 Å². The number of benzene rings is 1. The molecule has 3 aromatic rings. The van der Waals surface area contributed by atoms with Crippen LogP contribution in [0.1, 0.15) is 49.7 Å². The minimum Gasteiger partial charge on any atom is -0.437 e. The molecule has 0 aliphatic carbocycles. The van der Waals surface area contributed by atoms with Crippen LogP contribution in [0.3, 0.4) is 0 Å². The summed E-state index contributed by atoms with van der Waals surface area (Å²) >= 11 is 5.84. The Morgan fingerprint density at radius 1 is 1.04 bits per heavy atom. The lowest BCUT2D eigenvalue weighted by Gasteiger charge is -2.12. The number of pyridine rings is 1. The number of ether oxygens (including phenoxy) is 1. The lowest BCUT2D eigenvalue weighted by molar-refractivity contribution is 0.466. The van der Waals surface area contributed by atoms with Crippen LogP contribution in [-0.2, 0) is 13.0 Å². The van der Waals surface area contributed by atoms with E-state index < -0.39 is 0 Å². The predicted molar refractivity (Wildman–Crippen MR) is 112 cm³/mol. The van der Waals surface area contributed by atoms with Gasteiger partial charge in [0.2, 0.25) is 5.88 Å². The summed E-state index contributed by atoms with van der Waals surface area (Å²) in [6.45, 7) is 7.31. The lowest BCUT2D eigenvalue weighted by atomic mass is 10.2. The summed E-state index contributed by atoms with van der Waals surface area (Å²) in [5.41, 5.74) is 4.18. The molecule has 0 radical (unpaired) electrons. The number of hydrogen-bond donors (Lipinski definition) is 0. The molecule has 0 spiro atoms. The Labute approximate surface area is 166 Å². The van der Waals surface area contributed by atoms with Crippen LogP contribution in [0.15, 0.2) is 30.3 Å². The Balaban J connectivity index is 2.05. The van der Waals surface area contributed by atoms with Crippen molar-refractivity contribution < 1.29 is 4.74 Å². The third-order valence-corrected chi connectivity index (χ3v) is 5.13. The van der Waals surface area contributed by atoms with E-state index in [9.17, 15) is 0 Å². The second-order valence-corrected chi connectivity index (χ2v) is 7.30. The number of unbranched alkanes of at least 4 members (excludes halogenated alkanes) is 2. The van der Waals surface area contributed by atoms with E-state index in [2.05, 4.69) is 18.4 Å². The van der Waals surface area contributed by atoms with Crippen molar-refractivity contribution in [3.05, 3.63) is 47.4 Å². The average molecular weight is 386 g/mol. The molecular weight excluding hydrogens is 358 g/mol. The topological polar surface area (TPSA) is 39.9 Å². The van der Waals surface area contributed by atoms with Crippen LogP contribution in [0.25, 0.3) is 11.0 Å². The SMILES string of the molecule is CCCc1nc2c(Oc3ccccc3)nc(C)c(C)c2n1CCCCCCl. The van der Waals surface area contributed by atoms with Gasteiger partial charge in [-0.05, 0) is 50.8 Å². The van der Waals surface area contributed by atoms with Gasteiger partial charge >= 0.3 is 0 Å². The number of rotatable bonds is 9. The zero-order chi connectivity index (χ0) is 19.2. The summed E-state index contributed by atoms with van der Waals surface area (Å²) in [6.07, 6.45) is 5.30. The summed E-state index contributed by atoms with van der Waals surface area (Å²) in [6, 6.07) is 9.79. The van der Waals surface area contributed by atoms with Crippen LogP contribution in [0, 0.1) is 13.8 Å². The Morgan fingerprint density at radius 3 is 2.52 bits per heavy atom. The van der Waals surface area contributed by atoms with Gasteiger partial charge in [-0.3, -0.25) is 0 Å². The Kier molecular flexibility index (Phi) is 6.73. The fourth-order valence-corrected chi connectivity index (χ4v) is 3.55. The number of imidazole rings is 1. The van der Waals surface area contributed by atoms with Crippen LogP contribution < -0.4 is 4.74 Å². The molecular formula is C22H28ClN3O. The number of para-hydroxylation sites is 1. The molecule has 0 aliphatic rings. The van der Waals surface area contributed by atoms with Gasteiger partial charge in [-0.1, -0.05) is 31.5 Å². The summed E-state index contributed by atoms with van der Waals surface area (Å²) in [5.74, 6) is 3.22. The molecule has 0 unspecified atom stereocenters. The van der Waals surface area contributed by atoms with E-state index in [0.29, 0.717) is 5.88 Å². The molecule has 0 bridgehead atoms. The molecule has 0 atom stereocenters. The number of aryl methyl sites for hydroxylation is 4. The van der Waals surface area contributed by atoms with Gasteiger partial charge in [0.25, 0.3) is 0 Å². The van der Waals surface area contributed by atoms with E-state index in [-0.39, 0.29) is 0 Å². The summed E-state index contributed by atoms with van der Waals surface area (Å²) in [5, 5.41) is 0. The zero-order valence-corrected chi connectivity index (χ0v) is 17.2. The highest BCUT2D eigenvalue weighted by Crippen LogP contribution is 2.32. The quantitative estimate of drug-likeness (QED) is 0.325. The molecule has 2 aromatic heterocycles. The molecule has 5 heteroatoms. The molecule has 27 heavy (non-hydrogen) atoms. The van der Waals surface area contributed by atoms with Gasteiger partial charge in [0.15, 0.2) is 5.52 Å². The van der Waals surface area contributed by atoms with Crippen molar-refractivity contribution in [2.75, 3.05) is 5.88 Å². The first-order valence-electron chi connectivity index (χ1n) is 9.80. The first-order chi connectivity index (χ1) is 13.2. The number of aromatic nitrogens is 3. The summed E-state index contributed by atoms with van der Waals surface area (Å²) in [4.78, 5) is 9.65. The van der Waals surface area contributed by atoms with Gasteiger partial charge in [-0.25, -0.2) is 9.97 Å². The largest absolute Gasteiger partial charge is 0.437 e. The molecule has 0 aliphatic heterocycles. The standard InChI is InChI=1S/C22H28ClN3O/c1-4-11-19-25-20-21(26(19)15-10-6-9-14-23)16(2)17(3)24-22(20)27-18-12-7-5-8-13-18/h5,7-8,12-13H,4,6,9-11,14-15H2,1-3H3. The monoisotopic (exact) mass is 385 g/mol. The summed E-state index contributed by atoms with van der Waals surface area (Å²) < 4.78 is 8.48. The zero-order valence-electron chi connectivity index (χ0n) is 16.5. The molecule has 2 heterocycles. The van der Waals surface area contributed by atoms with Crippen LogP contribution in [0.2, 0.25) is 0 Å². The van der Waals surface area contributed by atoms with Gasteiger partial charge in [-0.15, -0.1) is 11.6 Å². The van der Waals surface area contributed by atoms with E-state index in [1.165, 1.54) is 5.56 Å². The van der Waals surface area contributed by atoms with Crippen molar-refractivity contribution in [2.24, 2.45) is 0 Å². The molecule has 4 nitrogen and oxygen atoms in total. The normalized spacial score (nSPS) is 11.3. The Hall–Kier alpha value is -2.07. The number of hydrogen-bond acceptors (Lipinski definition) is 3. The van der Waals surface area contributed by atoms with Gasteiger partial charge in [0.1, 0.15) is 11.6 Å². The fraction of sp³-hybridized carbons (Fsp3) is 0.455. The second-order valence-electron chi connectivity index (χ2n) is 6.92. The molecule has 144 valence electrons. The van der Waals surface area contributed by atoms with Gasteiger partial charge in [0.05, 0.1) is 5.52 Å². The highest BCUT2D eigenvalue weighted by Gasteiger charge is 2.19. The van der Waals surface area contributed by atoms with Crippen molar-refractivity contribution in [3.8, 4) is 11.6 Å². The third-order valence-electron chi connectivity index (χ3n) is 4.86. The van der Waals surface area contributed by atoms with E-state index in [1.54, 1.807) is 0 Å². The Bertz CT molecular complexity index is 890. The fourth-order valence-electron chi connectivity index (χ4n) is 3.36. The maximum Gasteiger partial charge on any atom is 0.247 e.